The van der Waals surface area contributed by atoms with Crippen molar-refractivity contribution in [3.8, 4) is 11.5 Å². The van der Waals surface area contributed by atoms with Crippen molar-refractivity contribution in [1.82, 2.24) is 10.3 Å². The second kappa shape index (κ2) is 7.94. The Morgan fingerprint density at radius 3 is 2.35 bits per heavy atom. The third-order valence-corrected chi connectivity index (χ3v) is 3.70. The van der Waals surface area contributed by atoms with E-state index in [2.05, 4.69) is 10.3 Å². The van der Waals surface area contributed by atoms with Gasteiger partial charge in [-0.3, -0.25) is 15.2 Å². The molecular formula is C20H18N4O2. The van der Waals surface area contributed by atoms with Gasteiger partial charge in [0.1, 0.15) is 17.3 Å². The van der Waals surface area contributed by atoms with Crippen molar-refractivity contribution >= 4 is 11.7 Å². The van der Waals surface area contributed by atoms with Gasteiger partial charge in [-0.15, -0.1) is 0 Å². The Morgan fingerprint density at radius 1 is 1.00 bits per heavy atom. The van der Waals surface area contributed by atoms with Crippen LogP contribution >= 0.6 is 0 Å². The average Bonchev–Trinajstić information content (AvgIpc) is 2.68. The summed E-state index contributed by atoms with van der Waals surface area (Å²) in [6, 6.07) is 17.7. The Balaban J connectivity index is 1.58. The summed E-state index contributed by atoms with van der Waals surface area (Å²) in [5.74, 6) is 1.14. The number of amidine groups is 1. The third kappa shape index (κ3) is 4.45. The molecule has 1 heterocycles. The Bertz CT molecular complexity index is 909. The highest BCUT2D eigenvalue weighted by Crippen LogP contribution is 2.20. The Labute approximate surface area is 151 Å². The minimum Gasteiger partial charge on any atom is -0.457 e. The van der Waals surface area contributed by atoms with E-state index < -0.39 is 0 Å². The summed E-state index contributed by atoms with van der Waals surface area (Å²) in [5.41, 5.74) is 7.39. The van der Waals surface area contributed by atoms with Gasteiger partial charge in [-0.25, -0.2) is 0 Å². The maximum Gasteiger partial charge on any atom is 0.251 e. The van der Waals surface area contributed by atoms with Gasteiger partial charge < -0.3 is 15.8 Å². The number of nitrogens with one attached hydrogen (secondary N) is 2. The predicted octanol–water partition coefficient (Wildman–Crippen LogP) is 3.09. The van der Waals surface area contributed by atoms with Gasteiger partial charge >= 0.3 is 0 Å². The van der Waals surface area contributed by atoms with Crippen molar-refractivity contribution in [2.24, 2.45) is 5.73 Å². The average molecular weight is 346 g/mol. The van der Waals surface area contributed by atoms with Crippen molar-refractivity contribution in [3.63, 3.8) is 0 Å². The molecule has 0 atom stereocenters. The maximum absolute atomic E-state index is 12.2. The number of nitrogens with zero attached hydrogens (tertiary/aromatic N) is 1. The lowest BCUT2D eigenvalue weighted by molar-refractivity contribution is 0.0951. The summed E-state index contributed by atoms with van der Waals surface area (Å²) in [7, 11) is 0. The fourth-order valence-corrected chi connectivity index (χ4v) is 2.33. The summed E-state index contributed by atoms with van der Waals surface area (Å²) >= 11 is 0. The molecule has 1 aromatic heterocycles. The van der Waals surface area contributed by atoms with E-state index in [9.17, 15) is 4.79 Å². The molecule has 0 aliphatic carbocycles. The Kier molecular flexibility index (Phi) is 5.24. The van der Waals surface area contributed by atoms with Crippen LogP contribution in [0.5, 0.6) is 11.5 Å². The molecule has 0 radical (unpaired) electrons. The zero-order chi connectivity index (χ0) is 18.4. The van der Waals surface area contributed by atoms with Gasteiger partial charge in [-0.05, 0) is 42.0 Å². The van der Waals surface area contributed by atoms with E-state index in [0.717, 1.165) is 5.56 Å². The summed E-state index contributed by atoms with van der Waals surface area (Å²) in [6.07, 6.45) is 3.33. The third-order valence-electron chi connectivity index (χ3n) is 3.70. The van der Waals surface area contributed by atoms with Crippen molar-refractivity contribution in [2.75, 3.05) is 0 Å². The number of hydrogen-bond donors (Lipinski definition) is 3. The largest absolute Gasteiger partial charge is 0.457 e. The van der Waals surface area contributed by atoms with Crippen molar-refractivity contribution in [1.29, 1.82) is 5.41 Å². The van der Waals surface area contributed by atoms with Crippen LogP contribution in [-0.4, -0.2) is 16.7 Å². The lowest BCUT2D eigenvalue weighted by Gasteiger charge is -2.08. The van der Waals surface area contributed by atoms with E-state index in [0.29, 0.717) is 29.2 Å². The number of amides is 1. The van der Waals surface area contributed by atoms with E-state index in [1.165, 1.54) is 0 Å². The molecule has 0 saturated heterocycles. The van der Waals surface area contributed by atoms with Crippen molar-refractivity contribution in [3.05, 3.63) is 89.7 Å². The van der Waals surface area contributed by atoms with Crippen LogP contribution in [0.1, 0.15) is 21.5 Å². The topological polar surface area (TPSA) is 101 Å². The number of hydrogen-bond acceptors (Lipinski definition) is 4. The molecule has 4 N–H and O–H groups in total. The van der Waals surface area contributed by atoms with Crippen LogP contribution in [-0.2, 0) is 6.54 Å². The highest BCUT2D eigenvalue weighted by atomic mass is 16.5. The molecule has 0 bridgehead atoms. The van der Waals surface area contributed by atoms with Crippen molar-refractivity contribution in [2.45, 2.75) is 6.54 Å². The van der Waals surface area contributed by atoms with Gasteiger partial charge in [0.25, 0.3) is 5.91 Å². The highest BCUT2D eigenvalue weighted by molar-refractivity contribution is 5.99. The number of benzene rings is 2. The molecule has 0 unspecified atom stereocenters. The molecular weight excluding hydrogens is 328 g/mol. The van der Waals surface area contributed by atoms with Gasteiger partial charge in [0.05, 0.1) is 0 Å². The molecule has 0 fully saturated rings. The molecule has 0 aliphatic rings. The van der Waals surface area contributed by atoms with Crippen LogP contribution in [0.3, 0.4) is 0 Å². The van der Waals surface area contributed by atoms with E-state index in [-0.39, 0.29) is 11.7 Å². The first-order valence-electron chi connectivity index (χ1n) is 8.01. The molecule has 1 amide bonds. The number of nitrogens with two attached hydrogens (primary N) is 1. The molecule has 130 valence electrons. The summed E-state index contributed by atoms with van der Waals surface area (Å²) in [4.78, 5) is 16.2. The minimum atomic E-state index is -0.217. The molecule has 6 heteroatoms. The first-order chi connectivity index (χ1) is 12.6. The fourth-order valence-electron chi connectivity index (χ4n) is 2.33. The first kappa shape index (κ1) is 17.2. The van der Waals surface area contributed by atoms with Gasteiger partial charge in [0.15, 0.2) is 0 Å². The van der Waals surface area contributed by atoms with Crippen LogP contribution < -0.4 is 15.8 Å². The number of rotatable bonds is 6. The molecule has 3 aromatic rings. The van der Waals surface area contributed by atoms with E-state index >= 15 is 0 Å². The van der Waals surface area contributed by atoms with E-state index in [1.54, 1.807) is 48.8 Å². The monoisotopic (exact) mass is 346 g/mol. The molecule has 3 rings (SSSR count). The number of nitrogen functional groups attached to an aromatic ring is 1. The molecule has 0 spiro atoms. The number of carbonyl (C=O) groups excluding carboxylic acids is 1. The van der Waals surface area contributed by atoms with Crippen LogP contribution in [0.2, 0.25) is 0 Å². The Hall–Kier alpha value is -3.67. The van der Waals surface area contributed by atoms with Crippen molar-refractivity contribution < 1.29 is 9.53 Å². The first-order valence-corrected chi connectivity index (χ1v) is 8.01. The normalized spacial score (nSPS) is 10.2. The number of ether oxygens (including phenoxy) is 1. The van der Waals surface area contributed by atoms with Gasteiger partial charge in [0, 0.05) is 30.1 Å². The fraction of sp³-hybridized carbons (Fsp3) is 0.0500. The van der Waals surface area contributed by atoms with Crippen LogP contribution in [0.25, 0.3) is 0 Å². The minimum absolute atomic E-state index is 0.0653. The van der Waals surface area contributed by atoms with Crippen LogP contribution in [0, 0.1) is 5.41 Å². The molecule has 2 aromatic carbocycles. The smallest absolute Gasteiger partial charge is 0.251 e. The van der Waals surface area contributed by atoms with Gasteiger partial charge in [0.2, 0.25) is 0 Å². The molecule has 0 aliphatic heterocycles. The molecule has 0 saturated carbocycles. The standard InChI is InChI=1S/C20H18N4O2/c21-19(22)15-2-1-3-16(12-15)20(25)24-13-14-4-6-17(7-5-14)26-18-8-10-23-11-9-18/h1-12H,13H2,(H3,21,22)(H,24,25). The second-order valence-electron chi connectivity index (χ2n) is 5.61. The lowest BCUT2D eigenvalue weighted by atomic mass is 10.1. The molecule has 6 nitrogen and oxygen atoms in total. The summed E-state index contributed by atoms with van der Waals surface area (Å²) in [5, 5.41) is 10.3. The van der Waals surface area contributed by atoms with E-state index in [4.69, 9.17) is 15.9 Å². The zero-order valence-electron chi connectivity index (χ0n) is 14.0. The van der Waals surface area contributed by atoms with Crippen LogP contribution in [0.15, 0.2) is 73.1 Å². The Morgan fingerprint density at radius 2 is 1.65 bits per heavy atom. The van der Waals surface area contributed by atoms with Gasteiger partial charge in [-0.1, -0.05) is 24.3 Å². The van der Waals surface area contributed by atoms with Gasteiger partial charge in [-0.2, -0.15) is 0 Å². The van der Waals surface area contributed by atoms with Crippen LogP contribution in [0.4, 0.5) is 0 Å². The lowest BCUT2D eigenvalue weighted by Crippen LogP contribution is -2.23. The SMILES string of the molecule is N=C(N)c1cccc(C(=O)NCc2ccc(Oc3ccncc3)cc2)c1. The highest BCUT2D eigenvalue weighted by Gasteiger charge is 2.07. The number of carbonyl (C=O) groups is 1. The second-order valence-corrected chi connectivity index (χ2v) is 5.61. The van der Waals surface area contributed by atoms with E-state index in [1.807, 2.05) is 24.3 Å². The number of aromatic nitrogens is 1. The summed E-state index contributed by atoms with van der Waals surface area (Å²) < 4.78 is 5.70. The quantitative estimate of drug-likeness (QED) is 0.471. The summed E-state index contributed by atoms with van der Waals surface area (Å²) in [6.45, 7) is 0.388. The number of pyridine rings is 1. The zero-order valence-corrected chi connectivity index (χ0v) is 14.0. The molecule has 26 heavy (non-hydrogen) atoms. The maximum atomic E-state index is 12.2. The predicted molar refractivity (Wildman–Crippen MR) is 99.4 cm³/mol.